The number of fused-ring (bicyclic) bond motifs is 1. The number of thiophene rings is 1. The predicted molar refractivity (Wildman–Crippen MR) is 97.1 cm³/mol. The van der Waals surface area contributed by atoms with Crippen molar-refractivity contribution >= 4 is 11.3 Å². The van der Waals surface area contributed by atoms with Crippen molar-refractivity contribution in [3.05, 3.63) is 81.8 Å². The van der Waals surface area contributed by atoms with Crippen molar-refractivity contribution in [2.24, 2.45) is 0 Å². The van der Waals surface area contributed by atoms with Crippen LogP contribution < -0.4 is 0 Å². The second-order valence-corrected chi connectivity index (χ2v) is 7.35. The molecule has 2 aromatic heterocycles. The second kappa shape index (κ2) is 6.93. The van der Waals surface area contributed by atoms with E-state index in [0.717, 1.165) is 30.8 Å². The van der Waals surface area contributed by atoms with Crippen LogP contribution in [-0.4, -0.2) is 16.0 Å². The van der Waals surface area contributed by atoms with Gasteiger partial charge in [-0.2, -0.15) is 24.5 Å². The highest BCUT2D eigenvalue weighted by molar-refractivity contribution is 7.07. The molecule has 136 valence electrons. The summed E-state index contributed by atoms with van der Waals surface area (Å²) in [6.07, 6.45) is -1.49. The summed E-state index contributed by atoms with van der Waals surface area (Å²) in [6, 6.07) is 11.5. The average Bonchev–Trinajstić information content (AvgIpc) is 3.24. The van der Waals surface area contributed by atoms with E-state index in [1.54, 1.807) is 23.5 Å². The van der Waals surface area contributed by atoms with Gasteiger partial charge in [-0.05, 0) is 52.6 Å². The number of hydrogen-bond donors (Lipinski definition) is 0. The van der Waals surface area contributed by atoms with Crippen LogP contribution in [0.25, 0.3) is 0 Å². The van der Waals surface area contributed by atoms with Crippen molar-refractivity contribution in [3.63, 3.8) is 0 Å². The molecular weight excluding hydrogens is 357 g/mol. The first-order valence-corrected chi connectivity index (χ1v) is 9.54. The van der Waals surface area contributed by atoms with E-state index in [2.05, 4.69) is 14.8 Å². The third kappa shape index (κ3) is 3.31. The first-order valence-electron chi connectivity index (χ1n) is 8.60. The van der Waals surface area contributed by atoms with Crippen molar-refractivity contribution in [3.8, 4) is 0 Å². The van der Waals surface area contributed by atoms with E-state index in [1.807, 2.05) is 29.8 Å². The number of nitrogens with zero attached hydrogens (tertiary/aromatic N) is 2. The number of aromatic nitrogens is 1. The van der Waals surface area contributed by atoms with Gasteiger partial charge in [-0.1, -0.05) is 18.2 Å². The molecule has 0 fully saturated rings. The molecule has 6 heteroatoms. The number of aryl methyl sites for hydroxylation is 1. The molecule has 1 aliphatic rings. The van der Waals surface area contributed by atoms with E-state index in [4.69, 9.17) is 0 Å². The van der Waals surface area contributed by atoms with Gasteiger partial charge in [0.15, 0.2) is 0 Å². The fourth-order valence-electron chi connectivity index (χ4n) is 3.78. The monoisotopic (exact) mass is 376 g/mol. The molecule has 1 unspecified atom stereocenters. The molecule has 0 aliphatic carbocycles. The van der Waals surface area contributed by atoms with Crippen LogP contribution in [0.15, 0.2) is 59.4 Å². The minimum Gasteiger partial charge on any atom is -0.350 e. The average molecular weight is 376 g/mol. The maximum Gasteiger partial charge on any atom is 0.416 e. The van der Waals surface area contributed by atoms with Gasteiger partial charge in [0.05, 0.1) is 11.6 Å². The Hall–Kier alpha value is -2.05. The summed E-state index contributed by atoms with van der Waals surface area (Å²) in [5.74, 6) is 0. The Kier molecular flexibility index (Phi) is 4.63. The van der Waals surface area contributed by atoms with Gasteiger partial charge in [0.2, 0.25) is 0 Å². The Labute approximate surface area is 154 Å². The quantitative estimate of drug-likeness (QED) is 0.581. The van der Waals surface area contributed by atoms with Crippen molar-refractivity contribution in [2.75, 3.05) is 6.54 Å². The highest BCUT2D eigenvalue weighted by Gasteiger charge is 2.38. The van der Waals surface area contributed by atoms with Crippen LogP contribution in [0.5, 0.6) is 0 Å². The predicted octanol–water partition coefficient (Wildman–Crippen LogP) is 5.56. The summed E-state index contributed by atoms with van der Waals surface area (Å²) in [5, 5.41) is 4.07. The first-order chi connectivity index (χ1) is 12.5. The van der Waals surface area contributed by atoms with Gasteiger partial charge in [0.25, 0.3) is 0 Å². The molecule has 2 nitrogen and oxygen atoms in total. The molecule has 0 amide bonds. The van der Waals surface area contributed by atoms with Gasteiger partial charge in [0, 0.05) is 31.5 Å². The maximum atomic E-state index is 13.7. The van der Waals surface area contributed by atoms with Gasteiger partial charge < -0.3 is 4.57 Å². The Bertz CT molecular complexity index is 867. The lowest BCUT2D eigenvalue weighted by molar-refractivity contribution is -0.138. The molecule has 1 aromatic carbocycles. The molecule has 1 aliphatic heterocycles. The number of rotatable bonds is 3. The SMILES string of the molecule is FC(F)(F)c1ccccc1C1c2cccn2CCCN1Cc1ccsc1. The van der Waals surface area contributed by atoms with E-state index >= 15 is 0 Å². The number of hydrogen-bond acceptors (Lipinski definition) is 2. The van der Waals surface area contributed by atoms with Crippen molar-refractivity contribution in [1.82, 2.24) is 9.47 Å². The van der Waals surface area contributed by atoms with E-state index in [0.29, 0.717) is 12.1 Å². The minimum absolute atomic E-state index is 0.331. The molecule has 3 heterocycles. The zero-order chi connectivity index (χ0) is 18.1. The van der Waals surface area contributed by atoms with E-state index < -0.39 is 17.8 Å². The zero-order valence-corrected chi connectivity index (χ0v) is 14.9. The normalized spacial score (nSPS) is 18.5. The van der Waals surface area contributed by atoms with Gasteiger partial charge in [0.1, 0.15) is 0 Å². The third-order valence-corrected chi connectivity index (χ3v) is 5.61. The van der Waals surface area contributed by atoms with Crippen LogP contribution in [0, 0.1) is 0 Å². The molecule has 3 aromatic rings. The van der Waals surface area contributed by atoms with Gasteiger partial charge in [-0.3, -0.25) is 4.90 Å². The summed E-state index contributed by atoms with van der Waals surface area (Å²) in [7, 11) is 0. The van der Waals surface area contributed by atoms with Crippen LogP contribution in [-0.2, 0) is 19.3 Å². The number of halogens is 3. The molecule has 26 heavy (non-hydrogen) atoms. The topological polar surface area (TPSA) is 8.17 Å². The highest BCUT2D eigenvalue weighted by atomic mass is 32.1. The Morgan fingerprint density at radius 1 is 1.04 bits per heavy atom. The fourth-order valence-corrected chi connectivity index (χ4v) is 4.44. The first kappa shape index (κ1) is 17.4. The van der Waals surface area contributed by atoms with Crippen LogP contribution in [0.1, 0.15) is 34.8 Å². The molecule has 0 saturated carbocycles. The maximum absolute atomic E-state index is 13.7. The third-order valence-electron chi connectivity index (χ3n) is 4.88. The largest absolute Gasteiger partial charge is 0.416 e. The molecule has 0 saturated heterocycles. The molecular formula is C20H19F3N2S. The molecule has 1 atom stereocenters. The Morgan fingerprint density at radius 2 is 1.88 bits per heavy atom. The van der Waals surface area contributed by atoms with Gasteiger partial charge >= 0.3 is 6.18 Å². The van der Waals surface area contributed by atoms with Crippen molar-refractivity contribution in [1.29, 1.82) is 0 Å². The Balaban J connectivity index is 1.83. The van der Waals surface area contributed by atoms with E-state index in [1.165, 1.54) is 12.1 Å². The van der Waals surface area contributed by atoms with Crippen LogP contribution in [0.4, 0.5) is 13.2 Å². The van der Waals surface area contributed by atoms with Crippen LogP contribution >= 0.6 is 11.3 Å². The lowest BCUT2D eigenvalue weighted by atomic mass is 9.95. The van der Waals surface area contributed by atoms with Gasteiger partial charge in [-0.25, -0.2) is 0 Å². The number of alkyl halides is 3. The fraction of sp³-hybridized carbons (Fsp3) is 0.300. The molecule has 0 spiro atoms. The van der Waals surface area contributed by atoms with Crippen LogP contribution in [0.2, 0.25) is 0 Å². The second-order valence-electron chi connectivity index (χ2n) is 6.57. The smallest absolute Gasteiger partial charge is 0.350 e. The lowest BCUT2D eigenvalue weighted by Gasteiger charge is -2.32. The molecule has 0 bridgehead atoms. The lowest BCUT2D eigenvalue weighted by Crippen LogP contribution is -2.31. The summed E-state index contributed by atoms with van der Waals surface area (Å²) in [4.78, 5) is 2.17. The van der Waals surface area contributed by atoms with Crippen LogP contribution in [0.3, 0.4) is 0 Å². The molecule has 4 rings (SSSR count). The zero-order valence-electron chi connectivity index (χ0n) is 14.1. The summed E-state index contributed by atoms with van der Waals surface area (Å²) >= 11 is 1.61. The Morgan fingerprint density at radius 3 is 2.65 bits per heavy atom. The molecule has 0 radical (unpaired) electrons. The van der Waals surface area contributed by atoms with Gasteiger partial charge in [-0.15, -0.1) is 0 Å². The standard InChI is InChI=1S/C20H19F3N2S/c21-20(22,23)17-6-2-1-5-16(17)19-18-7-3-9-24(18)10-4-11-25(19)13-15-8-12-26-14-15/h1-3,5-9,12,14,19H,4,10-11,13H2. The van der Waals surface area contributed by atoms with Crippen molar-refractivity contribution < 1.29 is 13.2 Å². The summed E-state index contributed by atoms with van der Waals surface area (Å²) in [6.45, 7) is 2.23. The highest BCUT2D eigenvalue weighted by Crippen LogP contribution is 2.40. The summed E-state index contributed by atoms with van der Waals surface area (Å²) in [5.41, 5.74) is 1.85. The minimum atomic E-state index is -4.37. The summed E-state index contributed by atoms with van der Waals surface area (Å²) < 4.78 is 43.2. The van der Waals surface area contributed by atoms with E-state index in [-0.39, 0.29) is 0 Å². The van der Waals surface area contributed by atoms with E-state index in [9.17, 15) is 13.2 Å². The number of benzene rings is 1. The molecule has 0 N–H and O–H groups in total. The van der Waals surface area contributed by atoms with Crippen molar-refractivity contribution in [2.45, 2.75) is 31.7 Å².